The maximum absolute atomic E-state index is 12.1. The Labute approximate surface area is 164 Å². The highest BCUT2D eigenvalue weighted by Crippen LogP contribution is 2.45. The van der Waals surface area contributed by atoms with Crippen LogP contribution in [0.2, 0.25) is 0 Å². The van der Waals surface area contributed by atoms with Crippen molar-refractivity contribution in [2.45, 2.75) is 24.1 Å². The van der Waals surface area contributed by atoms with E-state index in [0.717, 1.165) is 16.7 Å². The molecule has 1 saturated heterocycles. The average Bonchev–Trinajstić information content (AvgIpc) is 3.13. The van der Waals surface area contributed by atoms with Crippen molar-refractivity contribution in [2.24, 2.45) is 0 Å². The molecule has 1 fully saturated rings. The Balaban J connectivity index is 2.06. The van der Waals surface area contributed by atoms with Gasteiger partial charge in [-0.15, -0.1) is 0 Å². The minimum atomic E-state index is -0.913. The molecular formula is C24H23NO3. The van der Waals surface area contributed by atoms with Crippen molar-refractivity contribution in [2.75, 3.05) is 6.54 Å². The van der Waals surface area contributed by atoms with Crippen molar-refractivity contribution in [1.82, 2.24) is 4.90 Å². The van der Waals surface area contributed by atoms with Gasteiger partial charge in [-0.2, -0.15) is 0 Å². The van der Waals surface area contributed by atoms with Crippen LogP contribution < -0.4 is 0 Å². The fraction of sp³-hybridized carbons (Fsp3) is 0.208. The normalized spacial score (nSPS) is 20.2. The summed E-state index contributed by atoms with van der Waals surface area (Å²) in [6.45, 7) is 0.287. The van der Waals surface area contributed by atoms with Gasteiger partial charge in [-0.05, 0) is 16.7 Å². The molecule has 1 heterocycles. The number of carboxylic acid groups (broad SMARTS) is 1. The van der Waals surface area contributed by atoms with Crippen molar-refractivity contribution in [3.8, 4) is 0 Å². The first-order valence-electron chi connectivity index (χ1n) is 9.48. The quantitative estimate of drug-likeness (QED) is 0.672. The van der Waals surface area contributed by atoms with Gasteiger partial charge in [0.05, 0.1) is 11.6 Å². The van der Waals surface area contributed by atoms with Crippen LogP contribution in [0.5, 0.6) is 0 Å². The zero-order valence-electron chi connectivity index (χ0n) is 15.5. The largest absolute Gasteiger partial charge is 0.480 e. The van der Waals surface area contributed by atoms with E-state index in [4.69, 9.17) is 0 Å². The Bertz CT molecular complexity index is 831. The summed E-state index contributed by atoms with van der Waals surface area (Å²) < 4.78 is 0. The number of hydrogen-bond donors (Lipinski definition) is 2. The van der Waals surface area contributed by atoms with E-state index in [0.29, 0.717) is 0 Å². The molecule has 0 saturated carbocycles. The van der Waals surface area contributed by atoms with Crippen LogP contribution in [0.25, 0.3) is 0 Å². The second-order valence-electron chi connectivity index (χ2n) is 7.20. The van der Waals surface area contributed by atoms with E-state index in [1.165, 1.54) is 0 Å². The topological polar surface area (TPSA) is 60.8 Å². The lowest BCUT2D eigenvalue weighted by Crippen LogP contribution is -2.53. The fourth-order valence-electron chi connectivity index (χ4n) is 4.45. The first-order chi connectivity index (χ1) is 13.6. The van der Waals surface area contributed by atoms with Gasteiger partial charge in [0.2, 0.25) is 0 Å². The van der Waals surface area contributed by atoms with Gasteiger partial charge in [-0.25, -0.2) is 0 Å². The van der Waals surface area contributed by atoms with Crippen LogP contribution in [0.1, 0.15) is 23.1 Å². The molecule has 1 aliphatic rings. The summed E-state index contributed by atoms with van der Waals surface area (Å²) in [5.74, 6) is -0.913. The highest BCUT2D eigenvalue weighted by molar-refractivity contribution is 5.75. The lowest BCUT2D eigenvalue weighted by atomic mass is 9.75. The Kier molecular flexibility index (Phi) is 4.99. The molecule has 3 aromatic rings. The van der Waals surface area contributed by atoms with E-state index >= 15 is 0 Å². The van der Waals surface area contributed by atoms with Gasteiger partial charge in [0.15, 0.2) is 0 Å². The van der Waals surface area contributed by atoms with Gasteiger partial charge in [0, 0.05) is 13.0 Å². The summed E-state index contributed by atoms with van der Waals surface area (Å²) in [7, 11) is 0. The van der Waals surface area contributed by atoms with Gasteiger partial charge >= 0.3 is 5.97 Å². The third kappa shape index (κ3) is 3.01. The molecule has 3 aromatic carbocycles. The molecule has 0 aliphatic carbocycles. The lowest BCUT2D eigenvalue weighted by molar-refractivity contribution is -0.143. The number of likely N-dealkylation sites (tertiary alicyclic amines) is 1. The average molecular weight is 373 g/mol. The van der Waals surface area contributed by atoms with E-state index in [1.54, 1.807) is 0 Å². The molecule has 2 atom stereocenters. The number of aliphatic carboxylic acids is 1. The van der Waals surface area contributed by atoms with Crippen molar-refractivity contribution in [1.29, 1.82) is 0 Å². The standard InChI is InChI=1S/C24H23NO3/c26-21-16-22(23(27)28)25(17-21)24(18-10-4-1-5-11-18,19-12-6-2-7-13-19)20-14-8-3-9-15-20/h1-15,21-22,26H,16-17H2,(H,27,28)/t21-,22+/m1/s1. The fourth-order valence-corrected chi connectivity index (χ4v) is 4.45. The van der Waals surface area contributed by atoms with E-state index < -0.39 is 23.7 Å². The predicted octanol–water partition coefficient (Wildman–Crippen LogP) is 3.50. The molecule has 142 valence electrons. The Hall–Kier alpha value is -2.95. The number of aliphatic hydroxyl groups excluding tert-OH is 1. The summed E-state index contributed by atoms with van der Waals surface area (Å²) in [6.07, 6.45) is -0.472. The molecule has 0 spiro atoms. The molecule has 0 amide bonds. The first kappa shape index (κ1) is 18.4. The van der Waals surface area contributed by atoms with Gasteiger partial charge in [-0.3, -0.25) is 9.69 Å². The van der Waals surface area contributed by atoms with Gasteiger partial charge in [-0.1, -0.05) is 91.0 Å². The molecular weight excluding hydrogens is 350 g/mol. The molecule has 2 N–H and O–H groups in total. The predicted molar refractivity (Wildman–Crippen MR) is 108 cm³/mol. The summed E-state index contributed by atoms with van der Waals surface area (Å²) >= 11 is 0. The zero-order chi connectivity index (χ0) is 19.6. The molecule has 4 nitrogen and oxygen atoms in total. The zero-order valence-corrected chi connectivity index (χ0v) is 15.5. The number of nitrogens with zero attached hydrogens (tertiary/aromatic N) is 1. The first-order valence-corrected chi connectivity index (χ1v) is 9.48. The summed E-state index contributed by atoms with van der Waals surface area (Å²) in [5.41, 5.74) is 2.12. The number of hydrogen-bond acceptors (Lipinski definition) is 3. The van der Waals surface area contributed by atoms with Crippen molar-refractivity contribution >= 4 is 5.97 Å². The maximum Gasteiger partial charge on any atom is 0.321 e. The monoisotopic (exact) mass is 373 g/mol. The molecule has 4 heteroatoms. The number of rotatable bonds is 5. The minimum absolute atomic E-state index is 0.212. The van der Waals surface area contributed by atoms with Crippen molar-refractivity contribution in [3.63, 3.8) is 0 Å². The van der Waals surface area contributed by atoms with Crippen LogP contribution in [-0.2, 0) is 10.3 Å². The third-order valence-electron chi connectivity index (χ3n) is 5.57. The summed E-state index contributed by atoms with van der Waals surface area (Å²) in [6, 6.07) is 29.1. The Morgan fingerprint density at radius 3 is 1.54 bits per heavy atom. The molecule has 0 aromatic heterocycles. The highest BCUT2D eigenvalue weighted by Gasteiger charge is 2.51. The van der Waals surface area contributed by atoms with Gasteiger partial charge in [0.1, 0.15) is 6.04 Å². The van der Waals surface area contributed by atoms with E-state index in [-0.39, 0.29) is 13.0 Å². The molecule has 0 radical (unpaired) electrons. The van der Waals surface area contributed by atoms with Crippen LogP contribution in [-0.4, -0.2) is 39.8 Å². The maximum atomic E-state index is 12.1. The summed E-state index contributed by atoms with van der Waals surface area (Å²) in [4.78, 5) is 14.1. The van der Waals surface area contributed by atoms with Gasteiger partial charge in [0.25, 0.3) is 0 Å². The molecule has 0 unspecified atom stereocenters. The van der Waals surface area contributed by atoms with Gasteiger partial charge < -0.3 is 10.2 Å². The summed E-state index contributed by atoms with van der Waals surface area (Å²) in [5, 5.41) is 20.4. The number of benzene rings is 3. The van der Waals surface area contributed by atoms with Crippen LogP contribution >= 0.6 is 0 Å². The molecule has 1 aliphatic heterocycles. The molecule has 4 rings (SSSR count). The van der Waals surface area contributed by atoms with Crippen molar-refractivity contribution in [3.05, 3.63) is 108 Å². The van der Waals surface area contributed by atoms with E-state index in [1.807, 2.05) is 95.9 Å². The van der Waals surface area contributed by atoms with E-state index in [9.17, 15) is 15.0 Å². The number of aliphatic hydroxyl groups is 1. The van der Waals surface area contributed by atoms with Crippen LogP contribution in [0.4, 0.5) is 0 Å². The number of carboxylic acids is 1. The van der Waals surface area contributed by atoms with Crippen LogP contribution in [0.15, 0.2) is 91.0 Å². The lowest BCUT2D eigenvalue weighted by Gasteiger charge is -2.45. The second-order valence-corrected chi connectivity index (χ2v) is 7.20. The molecule has 0 bridgehead atoms. The van der Waals surface area contributed by atoms with Crippen LogP contribution in [0.3, 0.4) is 0 Å². The second kappa shape index (κ2) is 7.58. The van der Waals surface area contributed by atoms with Crippen LogP contribution in [0, 0.1) is 0 Å². The van der Waals surface area contributed by atoms with E-state index in [2.05, 4.69) is 0 Å². The number of carbonyl (C=O) groups is 1. The Morgan fingerprint density at radius 1 is 0.786 bits per heavy atom. The Morgan fingerprint density at radius 2 is 1.18 bits per heavy atom. The highest BCUT2D eigenvalue weighted by atomic mass is 16.4. The molecule has 28 heavy (non-hydrogen) atoms. The minimum Gasteiger partial charge on any atom is -0.480 e. The van der Waals surface area contributed by atoms with Crippen molar-refractivity contribution < 1.29 is 15.0 Å². The number of β-amino-alcohol motifs (C(OH)–C–C–N with tert-alkyl or cyclic N) is 1. The SMILES string of the molecule is O=C(O)[C@@H]1C[C@@H](O)CN1C(c1ccccc1)(c1ccccc1)c1ccccc1. The third-order valence-corrected chi connectivity index (χ3v) is 5.57. The smallest absolute Gasteiger partial charge is 0.321 e.